The number of nitrogens with zero attached hydrogens (tertiary/aromatic N) is 2. The first-order chi connectivity index (χ1) is 9.72. The Kier molecular flexibility index (Phi) is 5.28. The second kappa shape index (κ2) is 6.73. The van der Waals surface area contributed by atoms with E-state index in [-0.39, 0.29) is 6.54 Å². The van der Waals surface area contributed by atoms with Crippen LogP contribution in [0, 0.1) is 13.8 Å². The molecule has 0 fully saturated rings. The first-order valence-electron chi connectivity index (χ1n) is 6.20. The quantitative estimate of drug-likeness (QED) is 0.573. The molecular weight excluding hydrogens is 280 g/mol. The lowest BCUT2D eigenvalue weighted by Crippen LogP contribution is -2.46. The monoisotopic (exact) mass is 298 g/mol. The number of urea groups is 1. The van der Waals surface area contributed by atoms with Crippen LogP contribution in [-0.2, 0) is 23.2 Å². The molecule has 21 heavy (non-hydrogen) atoms. The van der Waals surface area contributed by atoms with E-state index in [4.69, 9.17) is 10.2 Å². The summed E-state index contributed by atoms with van der Waals surface area (Å²) >= 11 is 0. The average molecular weight is 298 g/mol. The summed E-state index contributed by atoms with van der Waals surface area (Å²) in [6.07, 6.45) is -0.687. The van der Waals surface area contributed by atoms with Crippen LogP contribution in [0.2, 0.25) is 0 Å². The Morgan fingerprint density at radius 1 is 1.29 bits per heavy atom. The number of aromatic nitrogens is 2. The van der Waals surface area contributed by atoms with Gasteiger partial charge < -0.3 is 20.8 Å². The molecule has 9 heteroatoms. The molecule has 1 aromatic rings. The van der Waals surface area contributed by atoms with Crippen LogP contribution in [0.15, 0.2) is 0 Å². The van der Waals surface area contributed by atoms with Gasteiger partial charge in [-0.3, -0.25) is 9.48 Å². The van der Waals surface area contributed by atoms with Gasteiger partial charge in [0, 0.05) is 24.8 Å². The number of aryl methyl sites for hydroxylation is 2. The van der Waals surface area contributed by atoms with Crippen molar-refractivity contribution in [2.24, 2.45) is 7.05 Å². The third-order valence-corrected chi connectivity index (χ3v) is 3.07. The lowest BCUT2D eigenvalue weighted by molar-refractivity contribution is -0.145. The van der Waals surface area contributed by atoms with Gasteiger partial charge in [-0.25, -0.2) is 9.59 Å². The molecule has 0 spiro atoms. The Bertz CT molecular complexity index is 566. The summed E-state index contributed by atoms with van der Waals surface area (Å²) < 4.78 is 1.68. The maximum Gasteiger partial charge on any atom is 0.326 e. The van der Waals surface area contributed by atoms with Gasteiger partial charge >= 0.3 is 18.0 Å². The standard InChI is InChI=1S/C12H18N4O5/c1-6-8(7(2)16(3)15-6)5-13-12(21)14-9(11(19)20)4-10(17)18/h9H,4-5H2,1-3H3,(H,17,18)(H,19,20)(H2,13,14,21)/t9-/m1/s1. The summed E-state index contributed by atoms with van der Waals surface area (Å²) in [5, 5.41) is 26.2. The zero-order chi connectivity index (χ0) is 16.2. The molecule has 9 nitrogen and oxygen atoms in total. The topological polar surface area (TPSA) is 134 Å². The minimum Gasteiger partial charge on any atom is -0.481 e. The Labute approximate surface area is 120 Å². The lowest BCUT2D eigenvalue weighted by atomic mass is 10.2. The second-order valence-electron chi connectivity index (χ2n) is 4.59. The second-order valence-corrected chi connectivity index (χ2v) is 4.59. The average Bonchev–Trinajstić information content (AvgIpc) is 2.60. The van der Waals surface area contributed by atoms with Crippen LogP contribution in [-0.4, -0.2) is 44.0 Å². The summed E-state index contributed by atoms with van der Waals surface area (Å²) in [5.41, 5.74) is 2.47. The van der Waals surface area contributed by atoms with Gasteiger partial charge in [0.2, 0.25) is 0 Å². The van der Waals surface area contributed by atoms with Crippen LogP contribution in [0.3, 0.4) is 0 Å². The molecule has 0 radical (unpaired) electrons. The summed E-state index contributed by atoms with van der Waals surface area (Å²) in [5.74, 6) is -2.71. The van der Waals surface area contributed by atoms with E-state index in [0.29, 0.717) is 0 Å². The van der Waals surface area contributed by atoms with E-state index in [0.717, 1.165) is 17.0 Å². The first kappa shape index (κ1) is 16.5. The molecule has 0 aliphatic heterocycles. The molecule has 0 saturated carbocycles. The highest BCUT2D eigenvalue weighted by Crippen LogP contribution is 2.10. The molecule has 0 aliphatic carbocycles. The third kappa shape index (κ3) is 4.48. The Morgan fingerprint density at radius 2 is 1.90 bits per heavy atom. The minimum atomic E-state index is -1.47. The molecule has 0 unspecified atom stereocenters. The lowest BCUT2D eigenvalue weighted by Gasteiger charge is -2.13. The molecule has 0 bridgehead atoms. The molecule has 1 atom stereocenters. The summed E-state index contributed by atoms with van der Waals surface area (Å²) in [6, 6.07) is -2.22. The Morgan fingerprint density at radius 3 is 2.33 bits per heavy atom. The fourth-order valence-electron chi connectivity index (χ4n) is 1.83. The molecule has 1 heterocycles. The number of amides is 2. The van der Waals surface area contributed by atoms with Gasteiger partial charge in [0.15, 0.2) is 0 Å². The van der Waals surface area contributed by atoms with E-state index in [1.807, 2.05) is 6.92 Å². The van der Waals surface area contributed by atoms with Crippen molar-refractivity contribution in [3.05, 3.63) is 17.0 Å². The number of hydrogen-bond donors (Lipinski definition) is 4. The Balaban J connectivity index is 2.61. The van der Waals surface area contributed by atoms with Gasteiger partial charge in [-0.05, 0) is 13.8 Å². The predicted octanol–water partition coefficient (Wildman–Crippen LogP) is -0.236. The van der Waals surface area contributed by atoms with Gasteiger partial charge in [0.1, 0.15) is 6.04 Å². The van der Waals surface area contributed by atoms with Crippen molar-refractivity contribution in [2.75, 3.05) is 0 Å². The van der Waals surface area contributed by atoms with Crippen LogP contribution < -0.4 is 10.6 Å². The zero-order valence-electron chi connectivity index (χ0n) is 12.0. The molecule has 2 amide bonds. The van der Waals surface area contributed by atoms with E-state index in [1.165, 1.54) is 0 Å². The Hall–Kier alpha value is -2.58. The molecule has 4 N–H and O–H groups in total. The van der Waals surface area contributed by atoms with Crippen LogP contribution in [0.4, 0.5) is 4.79 Å². The summed E-state index contributed by atoms with van der Waals surface area (Å²) in [4.78, 5) is 33.0. The summed E-state index contributed by atoms with van der Waals surface area (Å²) in [7, 11) is 1.78. The minimum absolute atomic E-state index is 0.177. The zero-order valence-corrected chi connectivity index (χ0v) is 12.0. The normalized spacial score (nSPS) is 11.8. The molecule has 1 aromatic heterocycles. The molecular formula is C12H18N4O5. The van der Waals surface area contributed by atoms with Crippen molar-refractivity contribution in [2.45, 2.75) is 32.9 Å². The fourth-order valence-corrected chi connectivity index (χ4v) is 1.83. The van der Waals surface area contributed by atoms with Crippen LogP contribution in [0.1, 0.15) is 23.4 Å². The molecule has 116 valence electrons. The number of carbonyl (C=O) groups is 3. The number of nitrogens with one attached hydrogen (secondary N) is 2. The van der Waals surface area contributed by atoms with Crippen molar-refractivity contribution in [1.82, 2.24) is 20.4 Å². The van der Waals surface area contributed by atoms with Gasteiger partial charge in [-0.2, -0.15) is 5.10 Å². The van der Waals surface area contributed by atoms with Crippen LogP contribution >= 0.6 is 0 Å². The molecule has 0 aliphatic rings. The molecule has 0 saturated heterocycles. The van der Waals surface area contributed by atoms with Crippen LogP contribution in [0.25, 0.3) is 0 Å². The maximum absolute atomic E-state index is 11.6. The number of carboxylic acids is 2. The van der Waals surface area contributed by atoms with E-state index >= 15 is 0 Å². The summed E-state index contributed by atoms with van der Waals surface area (Å²) in [6.45, 7) is 3.82. The van der Waals surface area contributed by atoms with Crippen molar-refractivity contribution in [3.63, 3.8) is 0 Å². The van der Waals surface area contributed by atoms with Crippen molar-refractivity contribution in [3.8, 4) is 0 Å². The van der Waals surface area contributed by atoms with Gasteiger partial charge in [-0.1, -0.05) is 0 Å². The fraction of sp³-hybridized carbons (Fsp3) is 0.500. The third-order valence-electron chi connectivity index (χ3n) is 3.07. The number of carboxylic acid groups (broad SMARTS) is 2. The van der Waals surface area contributed by atoms with Crippen LogP contribution in [0.5, 0.6) is 0 Å². The van der Waals surface area contributed by atoms with Crippen molar-refractivity contribution < 1.29 is 24.6 Å². The highest BCUT2D eigenvalue weighted by atomic mass is 16.4. The van der Waals surface area contributed by atoms with Gasteiger partial charge in [0.25, 0.3) is 0 Å². The predicted molar refractivity (Wildman–Crippen MR) is 71.7 cm³/mol. The smallest absolute Gasteiger partial charge is 0.326 e. The van der Waals surface area contributed by atoms with Crippen molar-refractivity contribution >= 4 is 18.0 Å². The highest BCUT2D eigenvalue weighted by molar-refractivity contribution is 5.86. The SMILES string of the molecule is Cc1nn(C)c(C)c1CNC(=O)N[C@H](CC(=O)O)C(=O)O. The number of hydrogen-bond acceptors (Lipinski definition) is 4. The van der Waals surface area contributed by atoms with Crippen molar-refractivity contribution in [1.29, 1.82) is 0 Å². The van der Waals surface area contributed by atoms with Gasteiger partial charge in [0.05, 0.1) is 12.1 Å². The van der Waals surface area contributed by atoms with E-state index in [1.54, 1.807) is 18.7 Å². The molecule has 1 rings (SSSR count). The van der Waals surface area contributed by atoms with E-state index in [9.17, 15) is 14.4 Å². The van der Waals surface area contributed by atoms with E-state index < -0.39 is 30.4 Å². The maximum atomic E-state index is 11.6. The van der Waals surface area contributed by atoms with Gasteiger partial charge in [-0.15, -0.1) is 0 Å². The van der Waals surface area contributed by atoms with E-state index in [2.05, 4.69) is 15.7 Å². The number of aliphatic carboxylic acids is 2. The first-order valence-corrected chi connectivity index (χ1v) is 6.20. The highest BCUT2D eigenvalue weighted by Gasteiger charge is 2.23. The molecule has 0 aromatic carbocycles. The number of rotatable bonds is 6. The largest absolute Gasteiger partial charge is 0.481 e. The number of carbonyl (C=O) groups excluding carboxylic acids is 1.